The number of anilines is 6. The van der Waals surface area contributed by atoms with Crippen molar-refractivity contribution in [3.63, 3.8) is 0 Å². The van der Waals surface area contributed by atoms with Gasteiger partial charge in [-0.3, -0.25) is 0 Å². The SMILES string of the molecule is FC(F)(F)c1ccc(-n2c3ccccc3c3cc(-c4cc5c6c(c4)N(c4ccc(-c7ccccc7)cc4)c4ccc(-c7ccccc7)cc4B6c4cc(-c6ccccc6)ccc4N5c4ccc(-c5ccccc5)cc4)ccc32)c(-c2cc(-c3ccccc3)nc(-c3ccccc3)n2)c1. The van der Waals surface area contributed by atoms with Gasteiger partial charge in [-0.05, 0) is 163 Å². The van der Waals surface area contributed by atoms with E-state index in [-0.39, 0.29) is 6.71 Å². The zero-order valence-electron chi connectivity index (χ0n) is 52.9. The third kappa shape index (κ3) is 10.1. The Labute approximate surface area is 566 Å². The maximum atomic E-state index is 15.2. The molecule has 18 rings (SSSR count). The van der Waals surface area contributed by atoms with E-state index in [2.05, 4.69) is 257 Å². The molecule has 2 aliphatic heterocycles. The molecule has 0 saturated heterocycles. The Morgan fingerprint density at radius 1 is 0.276 bits per heavy atom. The lowest BCUT2D eigenvalue weighted by Crippen LogP contribution is -2.61. The molecule has 0 bridgehead atoms. The molecule has 5 nitrogen and oxygen atoms in total. The van der Waals surface area contributed by atoms with E-state index < -0.39 is 11.7 Å². The fourth-order valence-corrected chi connectivity index (χ4v) is 14.8. The summed E-state index contributed by atoms with van der Waals surface area (Å²) in [6, 6.07) is 119. The van der Waals surface area contributed by atoms with Gasteiger partial charge in [0.15, 0.2) is 5.82 Å². The smallest absolute Gasteiger partial charge is 0.311 e. The Morgan fingerprint density at radius 3 is 1.18 bits per heavy atom. The van der Waals surface area contributed by atoms with Gasteiger partial charge < -0.3 is 14.4 Å². The molecule has 0 amide bonds. The van der Waals surface area contributed by atoms with Crippen molar-refractivity contribution in [1.29, 1.82) is 0 Å². The molecule has 0 N–H and O–H groups in total. The molecule has 2 aliphatic rings. The van der Waals surface area contributed by atoms with E-state index >= 15 is 13.2 Å². The standard InChI is InChI=1S/C89H57BF3N5/c91-89(92,93)70-42-50-82(75(56-70)79-57-78(64-29-15-5-16-30-64)94-88(95-79)65-31-17-6-18-32-65)98-80-34-20-19-33-73(80)74-51-66(39-47-81(74)98)69-54-85-87-86(55-69)97(72-45-37-63(38-46-72)59-23-9-2-10-24-59)84-49-41-68(61-27-13-4-14-28-61)53-77(84)90(87)76-52-67(60-25-11-3-12-26-60)40-48-83(76)96(85)71-43-35-62(36-44-71)58-21-7-1-8-22-58/h1-57H. The Kier molecular flexibility index (Phi) is 14.0. The summed E-state index contributed by atoms with van der Waals surface area (Å²) in [5, 5.41) is 1.88. The largest absolute Gasteiger partial charge is 0.416 e. The highest BCUT2D eigenvalue weighted by molar-refractivity contribution is 7.00. The Bertz CT molecular complexity index is 5460. The van der Waals surface area contributed by atoms with Gasteiger partial charge in [0.2, 0.25) is 0 Å². The molecule has 98 heavy (non-hydrogen) atoms. The monoisotopic (exact) mass is 1260 g/mol. The summed E-state index contributed by atoms with van der Waals surface area (Å²) in [5.74, 6) is 0.402. The molecule has 0 atom stereocenters. The predicted molar refractivity (Wildman–Crippen MR) is 399 cm³/mol. The summed E-state index contributed by atoms with van der Waals surface area (Å²) in [6.07, 6.45) is -4.64. The van der Waals surface area contributed by atoms with Crippen LogP contribution < -0.4 is 26.2 Å². The van der Waals surface area contributed by atoms with Gasteiger partial charge >= 0.3 is 6.18 Å². The molecular weight excluding hydrogens is 1210 g/mol. The van der Waals surface area contributed by atoms with Gasteiger partial charge in [-0.15, -0.1) is 0 Å². The van der Waals surface area contributed by atoms with Crippen LogP contribution >= 0.6 is 0 Å². The van der Waals surface area contributed by atoms with Crippen molar-refractivity contribution in [3.8, 4) is 95.2 Å². The number of hydrogen-bond donors (Lipinski definition) is 0. The van der Waals surface area contributed by atoms with E-state index in [4.69, 9.17) is 9.97 Å². The van der Waals surface area contributed by atoms with Gasteiger partial charge in [-0.25, -0.2) is 9.97 Å². The molecule has 0 aliphatic carbocycles. The lowest BCUT2D eigenvalue weighted by molar-refractivity contribution is -0.137. The Balaban J connectivity index is 0.884. The third-order valence-electron chi connectivity index (χ3n) is 19.4. The second kappa shape index (κ2) is 23.7. The predicted octanol–water partition coefficient (Wildman–Crippen LogP) is 22.0. The van der Waals surface area contributed by atoms with Gasteiger partial charge in [-0.1, -0.05) is 255 Å². The normalized spacial score (nSPS) is 12.4. The summed E-state index contributed by atoms with van der Waals surface area (Å²) in [6.45, 7) is -0.216. The lowest BCUT2D eigenvalue weighted by Gasteiger charge is -2.44. The van der Waals surface area contributed by atoms with Gasteiger partial charge in [-0.2, -0.15) is 13.2 Å². The van der Waals surface area contributed by atoms with Crippen LogP contribution in [-0.4, -0.2) is 21.2 Å². The molecular formula is C89H57BF3N5. The van der Waals surface area contributed by atoms with Gasteiger partial charge in [0.25, 0.3) is 6.71 Å². The minimum absolute atomic E-state index is 0.216. The summed E-state index contributed by atoms with van der Waals surface area (Å²) < 4.78 is 47.7. The van der Waals surface area contributed by atoms with Crippen LogP contribution in [0.2, 0.25) is 0 Å². The maximum Gasteiger partial charge on any atom is 0.416 e. The van der Waals surface area contributed by atoms with Crippen LogP contribution in [0.15, 0.2) is 346 Å². The number of nitrogens with zero attached hydrogens (tertiary/aromatic N) is 5. The van der Waals surface area contributed by atoms with Crippen molar-refractivity contribution in [2.45, 2.75) is 6.18 Å². The second-order valence-electron chi connectivity index (χ2n) is 25.1. The van der Waals surface area contributed by atoms with Crippen molar-refractivity contribution in [2.24, 2.45) is 0 Å². The number of para-hydroxylation sites is 1. The average Bonchev–Trinajstić information content (AvgIpc) is 0.790. The first-order valence-corrected chi connectivity index (χ1v) is 33.0. The van der Waals surface area contributed by atoms with Crippen LogP contribution in [0.4, 0.5) is 47.3 Å². The van der Waals surface area contributed by atoms with Crippen LogP contribution in [0.3, 0.4) is 0 Å². The van der Waals surface area contributed by atoms with Crippen molar-refractivity contribution >= 4 is 79.0 Å². The lowest BCUT2D eigenvalue weighted by atomic mass is 9.33. The fourth-order valence-electron chi connectivity index (χ4n) is 14.8. The number of aromatic nitrogens is 3. The van der Waals surface area contributed by atoms with Crippen molar-refractivity contribution in [1.82, 2.24) is 14.5 Å². The van der Waals surface area contributed by atoms with Crippen LogP contribution in [0.5, 0.6) is 0 Å². The Morgan fingerprint density at radius 2 is 0.673 bits per heavy atom. The van der Waals surface area contributed by atoms with Gasteiger partial charge in [0, 0.05) is 61.6 Å². The summed E-state index contributed by atoms with van der Waals surface area (Å²) in [5.41, 5.74) is 25.1. The van der Waals surface area contributed by atoms with E-state index in [1.54, 1.807) is 6.07 Å². The van der Waals surface area contributed by atoms with E-state index in [1.807, 2.05) is 84.9 Å². The summed E-state index contributed by atoms with van der Waals surface area (Å²) in [4.78, 5) is 15.1. The molecule has 2 aromatic heterocycles. The van der Waals surface area contributed by atoms with E-state index in [1.165, 1.54) is 28.5 Å². The van der Waals surface area contributed by atoms with Crippen LogP contribution in [-0.2, 0) is 6.18 Å². The molecule has 462 valence electrons. The zero-order valence-corrected chi connectivity index (χ0v) is 52.9. The number of benzene rings is 14. The molecule has 0 spiro atoms. The highest BCUT2D eigenvalue weighted by Gasteiger charge is 2.44. The summed E-state index contributed by atoms with van der Waals surface area (Å²) in [7, 11) is 0. The first-order valence-electron chi connectivity index (χ1n) is 33.0. The molecule has 16 aromatic rings. The first-order chi connectivity index (χ1) is 48.2. The molecule has 0 radical (unpaired) electrons. The molecule has 9 heteroatoms. The van der Waals surface area contributed by atoms with Gasteiger partial charge in [0.05, 0.1) is 33.7 Å². The highest BCUT2D eigenvalue weighted by Crippen LogP contribution is 2.49. The minimum Gasteiger partial charge on any atom is -0.311 e. The number of hydrogen-bond acceptors (Lipinski definition) is 4. The molecule has 0 fully saturated rings. The number of rotatable bonds is 11. The molecule has 14 aromatic carbocycles. The average molecular weight is 1260 g/mol. The molecule has 4 heterocycles. The van der Waals surface area contributed by atoms with Crippen molar-refractivity contribution in [3.05, 3.63) is 351 Å². The van der Waals surface area contributed by atoms with Crippen LogP contribution in [0, 0.1) is 0 Å². The topological polar surface area (TPSA) is 37.2 Å². The van der Waals surface area contributed by atoms with Crippen molar-refractivity contribution < 1.29 is 13.2 Å². The Hall–Kier alpha value is -12.6. The minimum atomic E-state index is -4.64. The van der Waals surface area contributed by atoms with E-state index in [0.717, 1.165) is 123 Å². The van der Waals surface area contributed by atoms with E-state index in [0.29, 0.717) is 28.5 Å². The maximum absolute atomic E-state index is 15.2. The van der Waals surface area contributed by atoms with Gasteiger partial charge in [0.1, 0.15) is 0 Å². The first kappa shape index (κ1) is 58.0. The number of fused-ring (bicyclic) bond motifs is 7. The fraction of sp³-hybridized carbons (Fsp3) is 0.0112. The van der Waals surface area contributed by atoms with Crippen molar-refractivity contribution in [2.75, 3.05) is 9.80 Å². The number of halogens is 3. The van der Waals surface area contributed by atoms with Crippen LogP contribution in [0.25, 0.3) is 117 Å². The summed E-state index contributed by atoms with van der Waals surface area (Å²) >= 11 is 0. The number of alkyl halides is 3. The third-order valence-corrected chi connectivity index (χ3v) is 19.4. The molecule has 0 unspecified atom stereocenters. The highest BCUT2D eigenvalue weighted by atomic mass is 19.4. The van der Waals surface area contributed by atoms with E-state index in [9.17, 15) is 0 Å². The van der Waals surface area contributed by atoms with Crippen LogP contribution in [0.1, 0.15) is 5.56 Å². The zero-order chi connectivity index (χ0) is 65.4. The quantitative estimate of drug-likeness (QED) is 0.121. The molecule has 0 saturated carbocycles. The second-order valence-corrected chi connectivity index (χ2v) is 25.1.